The van der Waals surface area contributed by atoms with Gasteiger partial charge in [0.05, 0.1) is 16.8 Å². The second-order valence-corrected chi connectivity index (χ2v) is 4.02. The van der Waals surface area contributed by atoms with Crippen molar-refractivity contribution in [1.82, 2.24) is 9.38 Å². The molecule has 0 fully saturated rings. The normalized spacial score (nSPS) is 10.9. The second-order valence-electron chi connectivity index (χ2n) is 3.17. The summed E-state index contributed by atoms with van der Waals surface area (Å²) in [7, 11) is 0. The molecular formula is C10H10BrFN2O. The van der Waals surface area contributed by atoms with Gasteiger partial charge in [0, 0.05) is 12.4 Å². The zero-order chi connectivity index (χ0) is 11.0. The Balaban J connectivity index is 2.71. The smallest absolute Gasteiger partial charge is 0.209 e. The molecule has 0 aliphatic heterocycles. The number of aromatic nitrogens is 2. The van der Waals surface area contributed by atoms with Crippen LogP contribution >= 0.6 is 15.9 Å². The Morgan fingerprint density at radius 3 is 2.93 bits per heavy atom. The van der Waals surface area contributed by atoms with E-state index < -0.39 is 5.82 Å². The summed E-state index contributed by atoms with van der Waals surface area (Å²) < 4.78 is 21.3. The van der Waals surface area contributed by atoms with Gasteiger partial charge in [0.1, 0.15) is 0 Å². The Morgan fingerprint density at radius 1 is 1.53 bits per heavy atom. The van der Waals surface area contributed by atoms with Crippen molar-refractivity contribution >= 4 is 21.6 Å². The number of ether oxygens (including phenoxy) is 1. The Kier molecular flexibility index (Phi) is 2.65. The van der Waals surface area contributed by atoms with Crippen LogP contribution in [0.1, 0.15) is 12.6 Å². The van der Waals surface area contributed by atoms with Crippen LogP contribution in [-0.4, -0.2) is 16.0 Å². The van der Waals surface area contributed by atoms with Crippen LogP contribution in [0.5, 0.6) is 5.75 Å². The summed E-state index contributed by atoms with van der Waals surface area (Å²) in [4.78, 5) is 4.08. The second kappa shape index (κ2) is 3.81. The predicted octanol–water partition coefficient (Wildman–Crippen LogP) is 2.94. The van der Waals surface area contributed by atoms with Crippen LogP contribution in [0.25, 0.3) is 5.65 Å². The average molecular weight is 273 g/mol. The van der Waals surface area contributed by atoms with Gasteiger partial charge in [-0.25, -0.2) is 4.98 Å². The standard InChI is InChI=1S/C10H10BrFN2O/c1-3-15-9-7(11)5-14-4-6(2)13-10(14)8(9)12/h4-5H,3H2,1-2H3. The first-order chi connectivity index (χ1) is 7.13. The zero-order valence-corrected chi connectivity index (χ0v) is 10.0. The number of aryl methyl sites for hydroxylation is 1. The van der Waals surface area contributed by atoms with Crippen LogP contribution < -0.4 is 4.74 Å². The molecule has 2 aromatic rings. The van der Waals surface area contributed by atoms with Gasteiger partial charge >= 0.3 is 0 Å². The summed E-state index contributed by atoms with van der Waals surface area (Å²) in [5.41, 5.74) is 1.06. The molecule has 0 saturated carbocycles. The highest BCUT2D eigenvalue weighted by Gasteiger charge is 2.15. The number of pyridine rings is 1. The van der Waals surface area contributed by atoms with Gasteiger partial charge in [-0.05, 0) is 29.8 Å². The van der Waals surface area contributed by atoms with Crippen molar-refractivity contribution in [2.45, 2.75) is 13.8 Å². The van der Waals surface area contributed by atoms with Gasteiger partial charge in [0.25, 0.3) is 0 Å². The number of imidazole rings is 1. The van der Waals surface area contributed by atoms with Crippen molar-refractivity contribution in [2.24, 2.45) is 0 Å². The number of hydrogen-bond acceptors (Lipinski definition) is 2. The maximum atomic E-state index is 13.9. The molecule has 2 aromatic heterocycles. The predicted molar refractivity (Wildman–Crippen MR) is 58.8 cm³/mol. The molecule has 80 valence electrons. The summed E-state index contributed by atoms with van der Waals surface area (Å²) in [6.45, 7) is 4.05. The highest BCUT2D eigenvalue weighted by atomic mass is 79.9. The molecule has 0 aliphatic rings. The van der Waals surface area contributed by atoms with E-state index in [2.05, 4.69) is 20.9 Å². The van der Waals surface area contributed by atoms with Crippen molar-refractivity contribution in [3.05, 3.63) is 28.4 Å². The first kappa shape index (κ1) is 10.4. The first-order valence-electron chi connectivity index (χ1n) is 4.59. The van der Waals surface area contributed by atoms with E-state index in [0.29, 0.717) is 16.7 Å². The fourth-order valence-corrected chi connectivity index (χ4v) is 1.95. The molecule has 0 radical (unpaired) electrons. The molecule has 15 heavy (non-hydrogen) atoms. The highest BCUT2D eigenvalue weighted by molar-refractivity contribution is 9.10. The van der Waals surface area contributed by atoms with Crippen molar-refractivity contribution in [3.8, 4) is 5.75 Å². The van der Waals surface area contributed by atoms with Crippen LogP contribution in [0.15, 0.2) is 16.9 Å². The van der Waals surface area contributed by atoms with E-state index in [1.807, 2.05) is 13.8 Å². The van der Waals surface area contributed by atoms with Gasteiger partial charge in [-0.3, -0.25) is 0 Å². The SMILES string of the molecule is CCOc1c(Br)cn2cc(C)nc2c1F. The molecule has 0 aromatic carbocycles. The molecule has 0 spiro atoms. The number of halogens is 2. The van der Waals surface area contributed by atoms with E-state index in [0.717, 1.165) is 5.69 Å². The van der Waals surface area contributed by atoms with Gasteiger partial charge in [-0.1, -0.05) is 0 Å². The first-order valence-corrected chi connectivity index (χ1v) is 5.39. The van der Waals surface area contributed by atoms with E-state index in [4.69, 9.17) is 4.74 Å². The third-order valence-corrected chi connectivity index (χ3v) is 2.57. The van der Waals surface area contributed by atoms with Crippen LogP contribution in [-0.2, 0) is 0 Å². The molecule has 0 N–H and O–H groups in total. The molecule has 2 rings (SSSR count). The summed E-state index contributed by atoms with van der Waals surface area (Å²) in [6.07, 6.45) is 3.50. The van der Waals surface area contributed by atoms with E-state index in [9.17, 15) is 4.39 Å². The van der Waals surface area contributed by atoms with Crippen LogP contribution in [0.2, 0.25) is 0 Å². The third-order valence-electron chi connectivity index (χ3n) is 2.01. The summed E-state index contributed by atoms with van der Waals surface area (Å²) >= 11 is 3.26. The third kappa shape index (κ3) is 1.71. The van der Waals surface area contributed by atoms with Gasteiger partial charge in [-0.2, -0.15) is 4.39 Å². The lowest BCUT2D eigenvalue weighted by molar-refractivity contribution is 0.319. The van der Waals surface area contributed by atoms with Gasteiger partial charge < -0.3 is 9.14 Å². The van der Waals surface area contributed by atoms with Crippen molar-refractivity contribution in [3.63, 3.8) is 0 Å². The Labute approximate surface area is 95.0 Å². The molecule has 5 heteroatoms. The van der Waals surface area contributed by atoms with Crippen molar-refractivity contribution in [2.75, 3.05) is 6.61 Å². The Bertz CT molecular complexity index is 510. The minimum Gasteiger partial charge on any atom is -0.489 e. The van der Waals surface area contributed by atoms with E-state index in [-0.39, 0.29) is 5.75 Å². The highest BCUT2D eigenvalue weighted by Crippen LogP contribution is 2.30. The lowest BCUT2D eigenvalue weighted by atomic mass is 10.4. The average Bonchev–Trinajstić information content (AvgIpc) is 2.53. The maximum absolute atomic E-state index is 13.9. The number of hydrogen-bond donors (Lipinski definition) is 0. The zero-order valence-electron chi connectivity index (χ0n) is 8.42. The Hall–Kier alpha value is -1.10. The number of nitrogens with zero attached hydrogens (tertiary/aromatic N) is 2. The molecular weight excluding hydrogens is 263 g/mol. The van der Waals surface area contributed by atoms with Gasteiger partial charge in [0.15, 0.2) is 11.4 Å². The monoisotopic (exact) mass is 272 g/mol. The lowest BCUT2D eigenvalue weighted by Crippen LogP contribution is -1.99. The molecule has 3 nitrogen and oxygen atoms in total. The van der Waals surface area contributed by atoms with Crippen molar-refractivity contribution in [1.29, 1.82) is 0 Å². The molecule has 0 atom stereocenters. The molecule has 0 unspecified atom stereocenters. The van der Waals surface area contributed by atoms with Crippen LogP contribution in [0.3, 0.4) is 0 Å². The Morgan fingerprint density at radius 2 is 2.27 bits per heavy atom. The van der Waals surface area contributed by atoms with E-state index in [1.54, 1.807) is 16.8 Å². The molecule has 0 aliphatic carbocycles. The topological polar surface area (TPSA) is 26.5 Å². The number of fused-ring (bicyclic) bond motifs is 1. The molecule has 0 bridgehead atoms. The fourth-order valence-electron chi connectivity index (χ4n) is 1.44. The number of rotatable bonds is 2. The maximum Gasteiger partial charge on any atom is 0.209 e. The van der Waals surface area contributed by atoms with Gasteiger partial charge in [-0.15, -0.1) is 0 Å². The minimum atomic E-state index is -0.431. The van der Waals surface area contributed by atoms with E-state index >= 15 is 0 Å². The molecule has 2 heterocycles. The van der Waals surface area contributed by atoms with Crippen molar-refractivity contribution < 1.29 is 9.13 Å². The summed E-state index contributed by atoms with van der Waals surface area (Å²) in [5.74, 6) is -0.213. The van der Waals surface area contributed by atoms with Crippen LogP contribution in [0, 0.1) is 12.7 Å². The molecule has 0 amide bonds. The fraction of sp³-hybridized carbons (Fsp3) is 0.300. The minimum absolute atomic E-state index is 0.218. The summed E-state index contributed by atoms with van der Waals surface area (Å²) in [6, 6.07) is 0. The quantitative estimate of drug-likeness (QED) is 0.841. The van der Waals surface area contributed by atoms with Crippen LogP contribution in [0.4, 0.5) is 4.39 Å². The van der Waals surface area contributed by atoms with E-state index in [1.165, 1.54) is 0 Å². The molecule has 0 saturated heterocycles. The summed E-state index contributed by atoms with van der Waals surface area (Å²) in [5, 5.41) is 0. The lowest BCUT2D eigenvalue weighted by Gasteiger charge is -2.07. The van der Waals surface area contributed by atoms with Gasteiger partial charge in [0.2, 0.25) is 5.82 Å². The largest absolute Gasteiger partial charge is 0.489 e.